The van der Waals surface area contributed by atoms with Gasteiger partial charge in [0.1, 0.15) is 6.17 Å². The van der Waals surface area contributed by atoms with Gasteiger partial charge in [-0.2, -0.15) is 0 Å². The summed E-state index contributed by atoms with van der Waals surface area (Å²) >= 11 is 5.41. The lowest BCUT2D eigenvalue weighted by atomic mass is 10.1. The molecular formula is C8H13ClFNO. The molecule has 1 fully saturated rings. The summed E-state index contributed by atoms with van der Waals surface area (Å²) in [6, 6.07) is 0. The summed E-state index contributed by atoms with van der Waals surface area (Å²) in [7, 11) is 0. The van der Waals surface area contributed by atoms with E-state index in [-0.39, 0.29) is 12.5 Å². The number of nitrogens with zero attached hydrogens (tertiary/aromatic N) is 1. The Bertz CT molecular complexity index is 165. The predicted molar refractivity (Wildman–Crippen MR) is 46.0 cm³/mol. The van der Waals surface area contributed by atoms with E-state index in [2.05, 4.69) is 0 Å². The van der Waals surface area contributed by atoms with Crippen molar-refractivity contribution in [3.63, 3.8) is 0 Å². The fourth-order valence-electron chi connectivity index (χ4n) is 1.39. The topological polar surface area (TPSA) is 20.3 Å². The molecule has 0 saturated carbocycles. The summed E-state index contributed by atoms with van der Waals surface area (Å²) in [5.41, 5.74) is 0. The Kier molecular flexibility index (Phi) is 3.79. The highest BCUT2D eigenvalue weighted by molar-refractivity contribution is 6.18. The van der Waals surface area contributed by atoms with Crippen LogP contribution in [-0.4, -0.2) is 35.9 Å². The molecule has 4 heteroatoms. The van der Waals surface area contributed by atoms with E-state index >= 15 is 0 Å². The van der Waals surface area contributed by atoms with Crippen LogP contribution in [0.4, 0.5) is 4.39 Å². The number of amides is 1. The molecular weight excluding hydrogens is 181 g/mol. The van der Waals surface area contributed by atoms with E-state index in [4.69, 9.17) is 11.6 Å². The summed E-state index contributed by atoms with van der Waals surface area (Å²) in [6.07, 6.45) is 0.853. The quantitative estimate of drug-likeness (QED) is 0.610. The minimum absolute atomic E-state index is 0.0210. The molecule has 0 aromatic carbocycles. The largest absolute Gasteiger partial charge is 0.340 e. The van der Waals surface area contributed by atoms with Gasteiger partial charge in [-0.05, 0) is 12.8 Å². The van der Waals surface area contributed by atoms with Crippen LogP contribution in [0.5, 0.6) is 0 Å². The van der Waals surface area contributed by atoms with Gasteiger partial charge in [0.15, 0.2) is 0 Å². The second kappa shape index (κ2) is 4.65. The Balaban J connectivity index is 2.35. The Morgan fingerprint density at radius 1 is 1.67 bits per heavy atom. The zero-order valence-electron chi connectivity index (χ0n) is 6.93. The second-order valence-corrected chi connectivity index (χ2v) is 3.40. The SMILES string of the molecule is O=C(CCCl)N1CCC[C@H](F)C1. The lowest BCUT2D eigenvalue weighted by Gasteiger charge is -2.28. The van der Waals surface area contributed by atoms with E-state index in [1.807, 2.05) is 0 Å². The number of hydrogen-bond acceptors (Lipinski definition) is 1. The minimum Gasteiger partial charge on any atom is -0.340 e. The van der Waals surface area contributed by atoms with E-state index in [0.717, 1.165) is 6.42 Å². The lowest BCUT2D eigenvalue weighted by molar-refractivity contribution is -0.132. The molecule has 0 N–H and O–H groups in total. The van der Waals surface area contributed by atoms with Crippen molar-refractivity contribution in [2.75, 3.05) is 19.0 Å². The van der Waals surface area contributed by atoms with Gasteiger partial charge < -0.3 is 4.90 Å². The van der Waals surface area contributed by atoms with Crippen molar-refractivity contribution < 1.29 is 9.18 Å². The first-order valence-corrected chi connectivity index (χ1v) is 4.75. The number of carbonyl (C=O) groups is 1. The van der Waals surface area contributed by atoms with Crippen molar-refractivity contribution in [3.8, 4) is 0 Å². The van der Waals surface area contributed by atoms with Crippen LogP contribution in [-0.2, 0) is 4.79 Å². The van der Waals surface area contributed by atoms with Crippen molar-refractivity contribution in [1.82, 2.24) is 4.90 Å². The Morgan fingerprint density at radius 2 is 2.42 bits per heavy atom. The molecule has 70 valence electrons. The highest BCUT2D eigenvalue weighted by Gasteiger charge is 2.22. The molecule has 0 aromatic rings. The van der Waals surface area contributed by atoms with E-state index in [1.165, 1.54) is 0 Å². The fraction of sp³-hybridized carbons (Fsp3) is 0.875. The first-order chi connectivity index (χ1) is 5.74. The van der Waals surface area contributed by atoms with Crippen LogP contribution in [0.1, 0.15) is 19.3 Å². The molecule has 1 aliphatic rings. The van der Waals surface area contributed by atoms with E-state index < -0.39 is 6.17 Å². The van der Waals surface area contributed by atoms with Gasteiger partial charge in [-0.3, -0.25) is 4.79 Å². The highest BCUT2D eigenvalue weighted by atomic mass is 35.5. The van der Waals surface area contributed by atoms with Crippen molar-refractivity contribution in [2.45, 2.75) is 25.4 Å². The number of alkyl halides is 2. The molecule has 1 amide bonds. The third kappa shape index (κ3) is 2.63. The van der Waals surface area contributed by atoms with Crippen LogP contribution in [0.2, 0.25) is 0 Å². The van der Waals surface area contributed by atoms with Gasteiger partial charge in [0.25, 0.3) is 0 Å². The molecule has 0 spiro atoms. The molecule has 1 aliphatic heterocycles. The van der Waals surface area contributed by atoms with Crippen molar-refractivity contribution in [3.05, 3.63) is 0 Å². The maximum absolute atomic E-state index is 12.8. The third-order valence-corrected chi connectivity index (χ3v) is 2.21. The number of carbonyl (C=O) groups excluding carboxylic acids is 1. The first kappa shape index (κ1) is 9.78. The fourth-order valence-corrected chi connectivity index (χ4v) is 1.55. The number of hydrogen-bond donors (Lipinski definition) is 0. The lowest BCUT2D eigenvalue weighted by Crippen LogP contribution is -2.40. The van der Waals surface area contributed by atoms with Crippen LogP contribution in [0.15, 0.2) is 0 Å². The van der Waals surface area contributed by atoms with Gasteiger partial charge in [-0.15, -0.1) is 11.6 Å². The summed E-state index contributed by atoms with van der Waals surface area (Å²) in [5.74, 6) is 0.305. The monoisotopic (exact) mass is 193 g/mol. The smallest absolute Gasteiger partial charge is 0.223 e. The summed E-state index contributed by atoms with van der Waals surface area (Å²) in [4.78, 5) is 12.8. The molecule has 0 aromatic heterocycles. The van der Waals surface area contributed by atoms with Gasteiger partial charge in [-0.25, -0.2) is 4.39 Å². The summed E-state index contributed by atoms with van der Waals surface area (Å²) in [5, 5.41) is 0. The van der Waals surface area contributed by atoms with Crippen molar-refractivity contribution in [2.24, 2.45) is 0 Å². The molecule has 12 heavy (non-hydrogen) atoms. The molecule has 1 rings (SSSR count). The minimum atomic E-state index is -0.835. The van der Waals surface area contributed by atoms with Crippen LogP contribution in [0, 0.1) is 0 Å². The Labute approximate surface area is 76.7 Å². The standard InChI is InChI=1S/C8H13ClFNO/c9-4-3-8(12)11-5-1-2-7(10)6-11/h7H,1-6H2/t7-/m0/s1. The first-order valence-electron chi connectivity index (χ1n) is 4.22. The van der Waals surface area contributed by atoms with Crippen molar-refractivity contribution in [1.29, 1.82) is 0 Å². The zero-order valence-corrected chi connectivity index (χ0v) is 7.69. The summed E-state index contributed by atoms with van der Waals surface area (Å²) < 4.78 is 12.8. The Morgan fingerprint density at radius 3 is 3.00 bits per heavy atom. The molecule has 1 heterocycles. The molecule has 0 radical (unpaired) electrons. The Hall–Kier alpha value is -0.310. The predicted octanol–water partition coefficient (Wildman–Crippen LogP) is 1.58. The number of halogens is 2. The van der Waals surface area contributed by atoms with Crippen LogP contribution >= 0.6 is 11.6 Å². The molecule has 0 bridgehead atoms. The highest BCUT2D eigenvalue weighted by Crippen LogP contribution is 2.13. The number of piperidine rings is 1. The van der Waals surface area contributed by atoms with Gasteiger partial charge in [0.2, 0.25) is 5.91 Å². The van der Waals surface area contributed by atoms with Crippen molar-refractivity contribution >= 4 is 17.5 Å². The van der Waals surface area contributed by atoms with Gasteiger partial charge in [0, 0.05) is 18.8 Å². The third-order valence-electron chi connectivity index (χ3n) is 2.02. The van der Waals surface area contributed by atoms with Crippen LogP contribution < -0.4 is 0 Å². The molecule has 2 nitrogen and oxygen atoms in total. The maximum Gasteiger partial charge on any atom is 0.223 e. The van der Waals surface area contributed by atoms with Crippen LogP contribution in [0.25, 0.3) is 0 Å². The van der Waals surface area contributed by atoms with Gasteiger partial charge >= 0.3 is 0 Å². The maximum atomic E-state index is 12.8. The molecule has 1 saturated heterocycles. The van der Waals surface area contributed by atoms with E-state index in [9.17, 15) is 9.18 Å². The normalized spacial score (nSPS) is 24.2. The van der Waals surface area contributed by atoms with E-state index in [1.54, 1.807) is 4.90 Å². The van der Waals surface area contributed by atoms with Gasteiger partial charge in [0.05, 0.1) is 6.54 Å². The summed E-state index contributed by atoms with van der Waals surface area (Å²) in [6.45, 7) is 0.950. The zero-order chi connectivity index (χ0) is 8.97. The average Bonchev–Trinajstić information content (AvgIpc) is 2.05. The van der Waals surface area contributed by atoms with Crippen LogP contribution in [0.3, 0.4) is 0 Å². The van der Waals surface area contributed by atoms with Gasteiger partial charge in [-0.1, -0.05) is 0 Å². The second-order valence-electron chi connectivity index (χ2n) is 3.02. The number of likely N-dealkylation sites (tertiary alicyclic amines) is 1. The number of rotatable bonds is 2. The molecule has 0 aliphatic carbocycles. The average molecular weight is 194 g/mol. The molecule has 1 atom stereocenters. The molecule has 0 unspecified atom stereocenters. The van der Waals surface area contributed by atoms with E-state index in [0.29, 0.717) is 25.3 Å².